The Morgan fingerprint density at radius 3 is 2.50 bits per heavy atom. The first-order valence-electron chi connectivity index (χ1n) is 7.60. The van der Waals surface area contributed by atoms with Crippen molar-refractivity contribution in [2.75, 3.05) is 26.0 Å². The molecule has 0 aromatic heterocycles. The molecule has 1 aromatic rings. The summed E-state index contributed by atoms with van der Waals surface area (Å²) in [5, 5.41) is 5.24. The number of hydrogen-bond donors (Lipinski definition) is 2. The van der Waals surface area contributed by atoms with Crippen LogP contribution in [0.2, 0.25) is 0 Å². The first kappa shape index (κ1) is 16.7. The Hall–Kier alpha value is -1.69. The Morgan fingerprint density at radius 1 is 1.23 bits per heavy atom. The van der Waals surface area contributed by atoms with E-state index in [1.165, 1.54) is 12.5 Å². The molecule has 6 heteroatoms. The maximum Gasteiger partial charge on any atom is 0.319 e. The lowest BCUT2D eigenvalue weighted by Gasteiger charge is -2.43. The zero-order valence-corrected chi connectivity index (χ0v) is 13.1. The van der Waals surface area contributed by atoms with E-state index in [2.05, 4.69) is 15.5 Å². The number of rotatable bonds is 4. The second kappa shape index (κ2) is 7.05. The second-order valence-electron chi connectivity index (χ2n) is 6.11. The van der Waals surface area contributed by atoms with Gasteiger partial charge in [0.25, 0.3) is 0 Å². The fraction of sp³-hybridized carbons (Fsp3) is 0.562. The summed E-state index contributed by atoms with van der Waals surface area (Å²) in [5.74, 6) is -1.45. The number of hydrogen-bond acceptors (Lipinski definition) is 2. The van der Waals surface area contributed by atoms with Gasteiger partial charge in [0.15, 0.2) is 0 Å². The maximum atomic E-state index is 13.5. The van der Waals surface area contributed by atoms with Gasteiger partial charge in [-0.15, -0.1) is 0 Å². The predicted octanol–water partition coefficient (Wildman–Crippen LogP) is 3.35. The summed E-state index contributed by atoms with van der Waals surface area (Å²) in [7, 11) is 4.04. The number of carbonyl (C=O) groups is 1. The van der Waals surface area contributed by atoms with Crippen molar-refractivity contribution >= 4 is 11.7 Å². The highest BCUT2D eigenvalue weighted by Gasteiger charge is 2.34. The lowest BCUT2D eigenvalue weighted by molar-refractivity contribution is 0.101. The Bertz CT molecular complexity index is 528. The number of anilines is 1. The van der Waals surface area contributed by atoms with E-state index >= 15 is 0 Å². The molecule has 0 atom stereocenters. The first-order valence-corrected chi connectivity index (χ1v) is 7.60. The number of carbonyl (C=O) groups excluding carboxylic acids is 1. The van der Waals surface area contributed by atoms with Gasteiger partial charge in [0.05, 0.1) is 5.69 Å². The van der Waals surface area contributed by atoms with Crippen molar-refractivity contribution in [1.29, 1.82) is 0 Å². The number of benzene rings is 1. The molecule has 1 fully saturated rings. The molecule has 22 heavy (non-hydrogen) atoms. The van der Waals surface area contributed by atoms with Crippen LogP contribution in [0.15, 0.2) is 18.2 Å². The van der Waals surface area contributed by atoms with Crippen LogP contribution in [0.25, 0.3) is 0 Å². The molecule has 0 saturated heterocycles. The van der Waals surface area contributed by atoms with E-state index in [0.29, 0.717) is 6.54 Å². The van der Waals surface area contributed by atoms with Crippen LogP contribution in [-0.2, 0) is 0 Å². The smallest absolute Gasteiger partial charge is 0.319 e. The molecule has 122 valence electrons. The lowest BCUT2D eigenvalue weighted by Crippen LogP contribution is -2.54. The van der Waals surface area contributed by atoms with Crippen LogP contribution in [0.4, 0.5) is 19.3 Å². The molecule has 0 bridgehead atoms. The normalized spacial score (nSPS) is 17.3. The van der Waals surface area contributed by atoms with Gasteiger partial charge in [0.2, 0.25) is 0 Å². The number of nitrogens with zero attached hydrogens (tertiary/aromatic N) is 1. The monoisotopic (exact) mass is 311 g/mol. The Balaban J connectivity index is 1.93. The minimum atomic E-state index is -0.782. The molecule has 0 radical (unpaired) electrons. The highest BCUT2D eigenvalue weighted by molar-refractivity contribution is 5.89. The standard InChI is InChI=1S/C16H23F2N3O/c1-21(2)16(8-4-3-5-9-16)11-19-15(22)20-14-7-6-12(17)10-13(14)18/h6-7,10H,3-5,8-9,11H2,1-2H3,(H2,19,20,22). The summed E-state index contributed by atoms with van der Waals surface area (Å²) in [6, 6.07) is 2.60. The van der Waals surface area contributed by atoms with Gasteiger partial charge in [-0.1, -0.05) is 19.3 Å². The van der Waals surface area contributed by atoms with Gasteiger partial charge in [0.1, 0.15) is 11.6 Å². The third kappa shape index (κ3) is 3.94. The molecule has 2 amide bonds. The zero-order valence-electron chi connectivity index (χ0n) is 13.1. The van der Waals surface area contributed by atoms with Crippen LogP contribution in [0.5, 0.6) is 0 Å². The van der Waals surface area contributed by atoms with E-state index in [-0.39, 0.29) is 11.2 Å². The predicted molar refractivity (Wildman–Crippen MR) is 82.9 cm³/mol. The zero-order chi connectivity index (χ0) is 16.2. The van der Waals surface area contributed by atoms with Crippen LogP contribution < -0.4 is 10.6 Å². The maximum absolute atomic E-state index is 13.5. The fourth-order valence-electron chi connectivity index (χ4n) is 2.99. The number of halogens is 2. The molecule has 0 aliphatic heterocycles. The summed E-state index contributed by atoms with van der Waals surface area (Å²) in [6.07, 6.45) is 5.58. The van der Waals surface area contributed by atoms with Gasteiger partial charge in [-0.05, 0) is 39.1 Å². The van der Waals surface area contributed by atoms with Crippen LogP contribution in [0.3, 0.4) is 0 Å². The van der Waals surface area contributed by atoms with Crippen LogP contribution in [0.1, 0.15) is 32.1 Å². The molecule has 1 aromatic carbocycles. The third-order valence-electron chi connectivity index (χ3n) is 4.49. The van der Waals surface area contributed by atoms with Crippen molar-refractivity contribution in [3.8, 4) is 0 Å². The van der Waals surface area contributed by atoms with Crippen molar-refractivity contribution in [3.63, 3.8) is 0 Å². The quantitative estimate of drug-likeness (QED) is 0.895. The molecule has 1 aliphatic rings. The highest BCUT2D eigenvalue weighted by Crippen LogP contribution is 2.31. The van der Waals surface area contributed by atoms with Crippen LogP contribution in [0, 0.1) is 11.6 Å². The van der Waals surface area contributed by atoms with Gasteiger partial charge in [-0.25, -0.2) is 13.6 Å². The van der Waals surface area contributed by atoms with E-state index in [0.717, 1.165) is 37.8 Å². The Labute approximate surface area is 129 Å². The minimum Gasteiger partial charge on any atom is -0.336 e. The molecule has 1 saturated carbocycles. The van der Waals surface area contributed by atoms with E-state index in [9.17, 15) is 13.6 Å². The summed E-state index contributed by atoms with van der Waals surface area (Å²) in [6.45, 7) is 0.509. The largest absolute Gasteiger partial charge is 0.336 e. The number of urea groups is 1. The average molecular weight is 311 g/mol. The van der Waals surface area contributed by atoms with Gasteiger partial charge in [-0.3, -0.25) is 0 Å². The topological polar surface area (TPSA) is 44.4 Å². The van der Waals surface area contributed by atoms with E-state index in [4.69, 9.17) is 0 Å². The Kier molecular flexibility index (Phi) is 5.34. The molecule has 0 spiro atoms. The Morgan fingerprint density at radius 2 is 1.91 bits per heavy atom. The second-order valence-corrected chi connectivity index (χ2v) is 6.11. The van der Waals surface area contributed by atoms with Crippen molar-refractivity contribution in [1.82, 2.24) is 10.2 Å². The molecular formula is C16H23F2N3O. The molecule has 2 rings (SSSR count). The van der Waals surface area contributed by atoms with Gasteiger partial charge >= 0.3 is 6.03 Å². The SMILES string of the molecule is CN(C)C1(CNC(=O)Nc2ccc(F)cc2F)CCCCC1. The summed E-state index contributed by atoms with van der Waals surface area (Å²) in [5.41, 5.74) is -0.0711. The summed E-state index contributed by atoms with van der Waals surface area (Å²) in [4.78, 5) is 14.1. The van der Waals surface area contributed by atoms with Crippen molar-refractivity contribution in [3.05, 3.63) is 29.8 Å². The third-order valence-corrected chi connectivity index (χ3v) is 4.49. The van der Waals surface area contributed by atoms with Gasteiger partial charge in [0, 0.05) is 18.2 Å². The van der Waals surface area contributed by atoms with E-state index in [1.807, 2.05) is 14.1 Å². The van der Waals surface area contributed by atoms with Crippen LogP contribution in [-0.4, -0.2) is 37.1 Å². The summed E-state index contributed by atoms with van der Waals surface area (Å²) < 4.78 is 26.4. The van der Waals surface area contributed by atoms with Crippen molar-refractivity contribution < 1.29 is 13.6 Å². The van der Waals surface area contributed by atoms with Crippen molar-refractivity contribution in [2.45, 2.75) is 37.6 Å². The fourth-order valence-corrected chi connectivity index (χ4v) is 2.99. The molecule has 2 N–H and O–H groups in total. The highest BCUT2D eigenvalue weighted by atomic mass is 19.1. The van der Waals surface area contributed by atoms with E-state index < -0.39 is 17.7 Å². The van der Waals surface area contributed by atoms with Gasteiger partial charge in [-0.2, -0.15) is 0 Å². The number of nitrogens with one attached hydrogen (secondary N) is 2. The van der Waals surface area contributed by atoms with Crippen LogP contribution >= 0.6 is 0 Å². The van der Waals surface area contributed by atoms with E-state index in [1.54, 1.807) is 0 Å². The average Bonchev–Trinajstić information content (AvgIpc) is 2.49. The molecule has 1 aliphatic carbocycles. The number of amides is 2. The molecular weight excluding hydrogens is 288 g/mol. The first-order chi connectivity index (χ1) is 10.4. The lowest BCUT2D eigenvalue weighted by atomic mass is 9.80. The molecule has 4 nitrogen and oxygen atoms in total. The van der Waals surface area contributed by atoms with Gasteiger partial charge < -0.3 is 15.5 Å². The molecule has 0 unspecified atom stereocenters. The summed E-state index contributed by atoms with van der Waals surface area (Å²) >= 11 is 0. The molecule has 0 heterocycles. The minimum absolute atomic E-state index is 0.0264. The number of likely N-dealkylation sites (N-methyl/N-ethyl adjacent to an activating group) is 1. The van der Waals surface area contributed by atoms with Crippen molar-refractivity contribution in [2.24, 2.45) is 0 Å².